The van der Waals surface area contributed by atoms with Crippen LogP contribution in [0.5, 0.6) is 0 Å². The van der Waals surface area contributed by atoms with E-state index in [9.17, 15) is 24.9 Å². The molecule has 0 bridgehead atoms. The number of aliphatic hydroxyl groups excluding tert-OH is 2. The van der Waals surface area contributed by atoms with Gasteiger partial charge in [-0.2, -0.15) is 0 Å². The Labute approximate surface area is 196 Å². The van der Waals surface area contributed by atoms with E-state index < -0.39 is 29.9 Å². The summed E-state index contributed by atoms with van der Waals surface area (Å²) < 4.78 is 0. The van der Waals surface area contributed by atoms with E-state index in [0.29, 0.717) is 12.8 Å². The van der Waals surface area contributed by atoms with Crippen molar-refractivity contribution in [2.24, 2.45) is 0 Å². The molecular formula is C27H50O5. The molecule has 0 saturated heterocycles. The first-order chi connectivity index (χ1) is 15.4. The molecule has 3 N–H and O–H groups in total. The number of rotatable bonds is 23. The summed E-state index contributed by atoms with van der Waals surface area (Å²) in [6.07, 6.45) is 20.2. The smallest absolute Gasteiger partial charge is 0.178 e. The predicted octanol–water partition coefficient (Wildman–Crippen LogP) is 5.83. The third-order valence-electron chi connectivity index (χ3n) is 6.17. The van der Waals surface area contributed by atoms with Gasteiger partial charge in [-0.25, -0.2) is 0 Å². The Balaban J connectivity index is 3.89. The summed E-state index contributed by atoms with van der Waals surface area (Å²) in [5.74, 6) is -1.22. The lowest BCUT2D eigenvalue weighted by Gasteiger charge is -2.28. The van der Waals surface area contributed by atoms with Crippen molar-refractivity contribution in [1.29, 1.82) is 0 Å². The van der Waals surface area contributed by atoms with Crippen molar-refractivity contribution in [3.05, 3.63) is 12.2 Å². The molecule has 0 fully saturated rings. The van der Waals surface area contributed by atoms with Gasteiger partial charge in [0.1, 0.15) is 0 Å². The van der Waals surface area contributed by atoms with Gasteiger partial charge in [0.05, 0.1) is 6.61 Å². The number of hydrogen-bond donors (Lipinski definition) is 3. The maximum atomic E-state index is 12.4. The van der Waals surface area contributed by atoms with Crippen molar-refractivity contribution in [3.63, 3.8) is 0 Å². The SMILES string of the molecule is CCCCCCCCC=CCCCCCCCC(=O)C(O)(CO)C(O)C(=O)CCCCC. The van der Waals surface area contributed by atoms with Crippen LogP contribution in [0, 0.1) is 0 Å². The Hall–Kier alpha value is -1.04. The molecule has 2 atom stereocenters. The van der Waals surface area contributed by atoms with Crippen LogP contribution in [0.1, 0.15) is 129 Å². The number of aliphatic hydroxyl groups is 3. The van der Waals surface area contributed by atoms with Gasteiger partial charge in [0.15, 0.2) is 23.3 Å². The summed E-state index contributed by atoms with van der Waals surface area (Å²) in [7, 11) is 0. The van der Waals surface area contributed by atoms with Crippen LogP contribution in [0.15, 0.2) is 12.2 Å². The predicted molar refractivity (Wildman–Crippen MR) is 132 cm³/mol. The molecule has 0 spiro atoms. The van der Waals surface area contributed by atoms with Crippen LogP contribution in [0.25, 0.3) is 0 Å². The fourth-order valence-electron chi connectivity index (χ4n) is 3.85. The van der Waals surface area contributed by atoms with Crippen molar-refractivity contribution in [1.82, 2.24) is 0 Å². The molecule has 5 heteroatoms. The van der Waals surface area contributed by atoms with Crippen LogP contribution in [0.3, 0.4) is 0 Å². The zero-order chi connectivity index (χ0) is 24.1. The average molecular weight is 455 g/mol. The van der Waals surface area contributed by atoms with Crippen molar-refractivity contribution in [2.75, 3.05) is 6.61 Å². The zero-order valence-electron chi connectivity index (χ0n) is 20.8. The molecule has 0 aromatic heterocycles. The molecule has 5 nitrogen and oxygen atoms in total. The number of unbranched alkanes of at least 4 members (excludes halogenated alkanes) is 13. The van der Waals surface area contributed by atoms with Crippen LogP contribution in [-0.4, -0.2) is 45.2 Å². The highest BCUT2D eigenvalue weighted by molar-refractivity contribution is 5.96. The molecule has 32 heavy (non-hydrogen) atoms. The van der Waals surface area contributed by atoms with E-state index in [2.05, 4.69) is 19.1 Å². The number of ketones is 2. The summed E-state index contributed by atoms with van der Waals surface area (Å²) in [5, 5.41) is 30.0. The van der Waals surface area contributed by atoms with Crippen LogP contribution in [-0.2, 0) is 9.59 Å². The molecule has 0 radical (unpaired) electrons. The fourth-order valence-corrected chi connectivity index (χ4v) is 3.85. The lowest BCUT2D eigenvalue weighted by atomic mass is 9.86. The summed E-state index contributed by atoms with van der Waals surface area (Å²) >= 11 is 0. The standard InChI is InChI=1S/C27H50O5/c1-3-5-7-8-9-10-11-12-13-14-15-16-17-18-20-22-25(30)27(32,23-28)26(31)24(29)21-19-6-4-2/h12-13,26,28,31-32H,3-11,14-23H2,1-2H3. The van der Waals surface area contributed by atoms with Gasteiger partial charge in [-0.05, 0) is 38.5 Å². The number of allylic oxidation sites excluding steroid dienone is 2. The second kappa shape index (κ2) is 20.6. The number of carbonyl (C=O) groups is 2. The molecular weight excluding hydrogens is 404 g/mol. The largest absolute Gasteiger partial charge is 0.393 e. The number of carbonyl (C=O) groups excluding carboxylic acids is 2. The molecule has 0 aromatic carbocycles. The summed E-state index contributed by atoms with van der Waals surface area (Å²) in [6.45, 7) is 3.31. The van der Waals surface area contributed by atoms with Crippen LogP contribution < -0.4 is 0 Å². The van der Waals surface area contributed by atoms with Gasteiger partial charge in [0.2, 0.25) is 0 Å². The molecule has 188 valence electrons. The van der Waals surface area contributed by atoms with Crippen molar-refractivity contribution < 1.29 is 24.9 Å². The fraction of sp³-hybridized carbons (Fsp3) is 0.852. The van der Waals surface area contributed by atoms with Gasteiger partial charge in [0.25, 0.3) is 0 Å². The second-order valence-electron chi connectivity index (χ2n) is 9.17. The lowest BCUT2D eigenvalue weighted by Crippen LogP contribution is -2.55. The number of Topliss-reactive ketones (excluding diaryl/α,β-unsaturated/α-hetero) is 2. The molecule has 0 saturated carbocycles. The Bertz CT molecular complexity index is 502. The Morgan fingerprint density at radius 3 is 1.69 bits per heavy atom. The van der Waals surface area contributed by atoms with Gasteiger partial charge < -0.3 is 15.3 Å². The van der Waals surface area contributed by atoms with E-state index >= 15 is 0 Å². The second-order valence-corrected chi connectivity index (χ2v) is 9.17. The van der Waals surface area contributed by atoms with Gasteiger partial charge >= 0.3 is 0 Å². The minimum Gasteiger partial charge on any atom is -0.393 e. The Morgan fingerprint density at radius 2 is 1.16 bits per heavy atom. The number of hydrogen-bond acceptors (Lipinski definition) is 5. The minimum atomic E-state index is -2.37. The first-order valence-electron chi connectivity index (χ1n) is 13.2. The van der Waals surface area contributed by atoms with Crippen LogP contribution >= 0.6 is 0 Å². The zero-order valence-corrected chi connectivity index (χ0v) is 20.8. The van der Waals surface area contributed by atoms with Crippen molar-refractivity contribution >= 4 is 11.6 Å². The molecule has 0 aromatic rings. The van der Waals surface area contributed by atoms with E-state index in [-0.39, 0.29) is 12.8 Å². The summed E-state index contributed by atoms with van der Waals surface area (Å²) in [5.41, 5.74) is -2.37. The molecule has 0 heterocycles. The molecule has 0 aliphatic carbocycles. The third-order valence-corrected chi connectivity index (χ3v) is 6.17. The summed E-state index contributed by atoms with van der Waals surface area (Å²) in [6, 6.07) is 0. The van der Waals surface area contributed by atoms with Crippen LogP contribution in [0.4, 0.5) is 0 Å². The molecule has 0 rings (SSSR count). The third kappa shape index (κ3) is 14.2. The van der Waals surface area contributed by atoms with Gasteiger partial charge in [-0.15, -0.1) is 0 Å². The quantitative estimate of drug-likeness (QED) is 0.133. The van der Waals surface area contributed by atoms with Gasteiger partial charge in [-0.1, -0.05) is 90.2 Å². The van der Waals surface area contributed by atoms with E-state index in [1.54, 1.807) is 0 Å². The normalized spacial score (nSPS) is 14.5. The molecule has 2 unspecified atom stereocenters. The Kier molecular flexibility index (Phi) is 19.9. The maximum Gasteiger partial charge on any atom is 0.178 e. The van der Waals surface area contributed by atoms with Gasteiger partial charge in [0, 0.05) is 12.8 Å². The first kappa shape index (κ1) is 31.0. The summed E-state index contributed by atoms with van der Waals surface area (Å²) in [4.78, 5) is 24.4. The molecule has 0 aliphatic rings. The van der Waals surface area contributed by atoms with Crippen LogP contribution in [0.2, 0.25) is 0 Å². The van der Waals surface area contributed by atoms with E-state index in [0.717, 1.165) is 44.9 Å². The van der Waals surface area contributed by atoms with Crippen molar-refractivity contribution in [3.8, 4) is 0 Å². The highest BCUT2D eigenvalue weighted by Gasteiger charge is 2.45. The maximum absolute atomic E-state index is 12.4. The Morgan fingerprint density at radius 1 is 0.719 bits per heavy atom. The lowest BCUT2D eigenvalue weighted by molar-refractivity contribution is -0.165. The molecule has 0 aliphatic heterocycles. The highest BCUT2D eigenvalue weighted by atomic mass is 16.4. The monoisotopic (exact) mass is 454 g/mol. The minimum absolute atomic E-state index is 0.0640. The molecule has 0 amide bonds. The van der Waals surface area contributed by atoms with E-state index in [1.807, 2.05) is 6.92 Å². The highest BCUT2D eigenvalue weighted by Crippen LogP contribution is 2.19. The van der Waals surface area contributed by atoms with E-state index in [4.69, 9.17) is 0 Å². The van der Waals surface area contributed by atoms with E-state index in [1.165, 1.54) is 44.9 Å². The van der Waals surface area contributed by atoms with Crippen molar-refractivity contribution in [2.45, 2.75) is 141 Å². The average Bonchev–Trinajstić information content (AvgIpc) is 2.80. The topological polar surface area (TPSA) is 94.8 Å². The first-order valence-corrected chi connectivity index (χ1v) is 13.2. The van der Waals surface area contributed by atoms with Gasteiger partial charge in [-0.3, -0.25) is 9.59 Å².